The van der Waals surface area contributed by atoms with Crippen LogP contribution in [0.2, 0.25) is 0 Å². The summed E-state index contributed by atoms with van der Waals surface area (Å²) in [5, 5.41) is 3.01. The lowest BCUT2D eigenvalue weighted by atomic mass is 10.2. The highest BCUT2D eigenvalue weighted by Crippen LogP contribution is 2.42. The predicted octanol–water partition coefficient (Wildman–Crippen LogP) is 4.93. The molecule has 6 nitrogen and oxygen atoms in total. The van der Waals surface area contributed by atoms with E-state index in [1.807, 2.05) is 48.5 Å². The lowest BCUT2D eigenvalue weighted by molar-refractivity contribution is -0.122. The Bertz CT molecular complexity index is 1070. The van der Waals surface area contributed by atoms with Gasteiger partial charge in [0.15, 0.2) is 0 Å². The van der Waals surface area contributed by atoms with Crippen molar-refractivity contribution in [2.24, 2.45) is 0 Å². The lowest BCUT2D eigenvalue weighted by Gasteiger charge is -2.30. The number of likely N-dealkylation sites (tertiary alicyclic amines) is 1. The normalized spacial score (nSPS) is 17.9. The number of hydrogen-bond donors (Lipinski definition) is 1. The maximum absolute atomic E-state index is 13.4. The summed E-state index contributed by atoms with van der Waals surface area (Å²) < 4.78 is 6.12. The van der Waals surface area contributed by atoms with Crippen LogP contribution in [-0.2, 0) is 9.59 Å². The number of carbonyl (C=O) groups is 2. The van der Waals surface area contributed by atoms with Gasteiger partial charge >= 0.3 is 0 Å². The van der Waals surface area contributed by atoms with Crippen LogP contribution in [0.5, 0.6) is 5.75 Å². The highest BCUT2D eigenvalue weighted by Gasteiger charge is 2.30. The first-order chi connectivity index (χ1) is 16.5. The Morgan fingerprint density at radius 2 is 1.91 bits per heavy atom. The number of carbonyl (C=O) groups excluding carboxylic acids is 2. The number of amides is 2. The minimum atomic E-state index is -0.168. The third kappa shape index (κ3) is 6.23. The Hall–Kier alpha value is -2.29. The second kappa shape index (κ2) is 11.9. The first-order valence-electron chi connectivity index (χ1n) is 11.7. The molecule has 34 heavy (non-hydrogen) atoms. The summed E-state index contributed by atoms with van der Waals surface area (Å²) in [6, 6.07) is 13.4. The van der Waals surface area contributed by atoms with E-state index in [2.05, 4.69) is 26.1 Å². The minimum Gasteiger partial charge on any atom is -0.496 e. The molecule has 2 aromatic rings. The summed E-state index contributed by atoms with van der Waals surface area (Å²) in [7, 11) is 1.62. The second-order valence-electron chi connectivity index (χ2n) is 8.47. The predicted molar refractivity (Wildman–Crippen MR) is 141 cm³/mol. The molecule has 2 aromatic carbocycles. The molecule has 2 heterocycles. The van der Waals surface area contributed by atoms with Crippen molar-refractivity contribution in [1.82, 2.24) is 10.2 Å². The van der Waals surface area contributed by atoms with Gasteiger partial charge in [-0.2, -0.15) is 0 Å². The Balaban J connectivity index is 1.45. The largest absolute Gasteiger partial charge is 0.496 e. The third-order valence-corrected chi connectivity index (χ3v) is 7.75. The molecular formula is C26H30BrN3O3S. The van der Waals surface area contributed by atoms with Gasteiger partial charge in [-0.1, -0.05) is 42.8 Å². The fraction of sp³-hybridized carbons (Fsp3) is 0.385. The first kappa shape index (κ1) is 24.8. The Morgan fingerprint density at radius 3 is 2.65 bits per heavy atom. The molecule has 0 radical (unpaired) electrons. The van der Waals surface area contributed by atoms with Crippen LogP contribution in [-0.4, -0.2) is 56.5 Å². The zero-order chi connectivity index (χ0) is 23.9. The number of thioether (sulfide) groups is 1. The molecule has 0 aromatic heterocycles. The van der Waals surface area contributed by atoms with Gasteiger partial charge in [0.05, 0.1) is 22.2 Å². The minimum absolute atomic E-state index is 0.0000532. The Labute approximate surface area is 213 Å². The maximum Gasteiger partial charge on any atom is 0.265 e. The van der Waals surface area contributed by atoms with Gasteiger partial charge in [0.1, 0.15) is 12.3 Å². The molecule has 180 valence electrons. The molecule has 0 atom stereocenters. The van der Waals surface area contributed by atoms with Crippen LogP contribution in [0.15, 0.2) is 56.7 Å². The van der Waals surface area contributed by atoms with Crippen molar-refractivity contribution in [3.05, 3.63) is 57.4 Å². The monoisotopic (exact) mass is 543 g/mol. The molecule has 0 bridgehead atoms. The average Bonchev–Trinajstić information content (AvgIpc) is 3.11. The van der Waals surface area contributed by atoms with Gasteiger partial charge in [-0.05, 0) is 77.8 Å². The lowest BCUT2D eigenvalue weighted by Crippen LogP contribution is -2.44. The van der Waals surface area contributed by atoms with E-state index in [4.69, 9.17) is 4.74 Å². The summed E-state index contributed by atoms with van der Waals surface area (Å²) >= 11 is 4.93. The molecule has 4 rings (SSSR count). The maximum atomic E-state index is 13.4. The van der Waals surface area contributed by atoms with Crippen molar-refractivity contribution in [1.29, 1.82) is 0 Å². The van der Waals surface area contributed by atoms with Gasteiger partial charge in [-0.15, -0.1) is 0 Å². The van der Waals surface area contributed by atoms with E-state index in [0.717, 1.165) is 46.0 Å². The molecule has 1 fully saturated rings. The number of anilines is 1. The van der Waals surface area contributed by atoms with Gasteiger partial charge < -0.3 is 15.0 Å². The van der Waals surface area contributed by atoms with Crippen LogP contribution in [0.3, 0.4) is 0 Å². The van der Waals surface area contributed by atoms with Crippen LogP contribution in [0.25, 0.3) is 6.08 Å². The van der Waals surface area contributed by atoms with E-state index in [1.54, 1.807) is 12.0 Å². The van der Waals surface area contributed by atoms with E-state index in [-0.39, 0.29) is 18.4 Å². The van der Waals surface area contributed by atoms with Crippen LogP contribution >= 0.6 is 27.7 Å². The van der Waals surface area contributed by atoms with Gasteiger partial charge in [0.2, 0.25) is 5.91 Å². The number of para-hydroxylation sites is 1. The molecule has 0 unspecified atom stereocenters. The molecule has 8 heteroatoms. The van der Waals surface area contributed by atoms with E-state index in [9.17, 15) is 9.59 Å². The number of halogens is 1. The number of nitrogens with zero attached hydrogens (tertiary/aromatic N) is 2. The van der Waals surface area contributed by atoms with Gasteiger partial charge in [-0.25, -0.2) is 0 Å². The van der Waals surface area contributed by atoms with E-state index >= 15 is 0 Å². The van der Waals surface area contributed by atoms with E-state index < -0.39 is 0 Å². The van der Waals surface area contributed by atoms with E-state index in [1.165, 1.54) is 37.4 Å². The number of nitrogens with one attached hydrogen (secondary N) is 1. The zero-order valence-electron chi connectivity index (χ0n) is 19.4. The molecule has 1 saturated heterocycles. The highest BCUT2D eigenvalue weighted by atomic mass is 79.9. The number of rotatable bonds is 7. The first-order valence-corrected chi connectivity index (χ1v) is 13.3. The van der Waals surface area contributed by atoms with E-state index in [0.29, 0.717) is 11.4 Å². The highest BCUT2D eigenvalue weighted by molar-refractivity contribution is 9.10. The smallest absolute Gasteiger partial charge is 0.265 e. The Kier molecular flexibility index (Phi) is 8.69. The molecular weight excluding hydrogens is 514 g/mol. The molecule has 0 saturated carbocycles. The summed E-state index contributed by atoms with van der Waals surface area (Å²) in [4.78, 5) is 31.7. The van der Waals surface area contributed by atoms with Crippen LogP contribution in [0, 0.1) is 0 Å². The standard InChI is InChI=1S/C26H30BrN3O3S/c1-33-22-11-10-19(16-20(22)27)17-24-26(32)30(21-8-4-5-9-23(21)34-24)18-25(31)28-12-15-29-13-6-2-3-7-14-29/h4-5,8-11,16-17H,2-3,6-7,12-15,18H2,1H3,(H,28,31)/b24-17-. The average molecular weight is 545 g/mol. The topological polar surface area (TPSA) is 61.9 Å². The van der Waals surface area contributed by atoms with Crippen LogP contribution < -0.4 is 15.0 Å². The van der Waals surface area contributed by atoms with Crippen molar-refractivity contribution >= 4 is 51.3 Å². The van der Waals surface area contributed by atoms with Gasteiger partial charge in [0, 0.05) is 18.0 Å². The molecule has 2 amide bonds. The number of methoxy groups -OCH3 is 1. The zero-order valence-corrected chi connectivity index (χ0v) is 21.8. The van der Waals surface area contributed by atoms with Crippen molar-refractivity contribution in [2.75, 3.05) is 44.7 Å². The van der Waals surface area contributed by atoms with Gasteiger partial charge in [-0.3, -0.25) is 14.5 Å². The quantitative estimate of drug-likeness (QED) is 0.501. The summed E-state index contributed by atoms with van der Waals surface area (Å²) in [6.07, 6.45) is 6.90. The van der Waals surface area contributed by atoms with Crippen LogP contribution in [0.4, 0.5) is 5.69 Å². The molecule has 2 aliphatic heterocycles. The number of fused-ring (bicyclic) bond motifs is 1. The summed E-state index contributed by atoms with van der Waals surface area (Å²) in [5.41, 5.74) is 1.65. The fourth-order valence-electron chi connectivity index (χ4n) is 4.26. The summed E-state index contributed by atoms with van der Waals surface area (Å²) in [6.45, 7) is 3.64. The Morgan fingerprint density at radius 1 is 1.15 bits per heavy atom. The molecule has 0 spiro atoms. The number of hydrogen-bond acceptors (Lipinski definition) is 5. The van der Waals surface area contributed by atoms with Crippen molar-refractivity contribution in [3.63, 3.8) is 0 Å². The van der Waals surface area contributed by atoms with Crippen molar-refractivity contribution < 1.29 is 14.3 Å². The SMILES string of the molecule is COc1ccc(/C=C2\Sc3ccccc3N(CC(=O)NCCN3CCCCCC3)C2=O)cc1Br. The number of benzene rings is 2. The molecule has 2 aliphatic rings. The molecule has 1 N–H and O–H groups in total. The van der Waals surface area contributed by atoms with Crippen LogP contribution in [0.1, 0.15) is 31.2 Å². The molecule has 0 aliphatic carbocycles. The van der Waals surface area contributed by atoms with Crippen molar-refractivity contribution in [3.8, 4) is 5.75 Å². The number of ether oxygens (including phenoxy) is 1. The fourth-order valence-corrected chi connectivity index (χ4v) is 5.87. The summed E-state index contributed by atoms with van der Waals surface area (Å²) in [5.74, 6) is 0.420. The van der Waals surface area contributed by atoms with Gasteiger partial charge in [0.25, 0.3) is 5.91 Å². The second-order valence-corrected chi connectivity index (χ2v) is 10.4. The van der Waals surface area contributed by atoms with Crippen molar-refractivity contribution in [2.45, 2.75) is 30.6 Å². The third-order valence-electron chi connectivity index (χ3n) is 6.06.